The summed E-state index contributed by atoms with van der Waals surface area (Å²) in [6.07, 6.45) is 1.36. The molecule has 1 saturated heterocycles. The number of amides is 4. The Balaban J connectivity index is 1.67. The van der Waals surface area contributed by atoms with Gasteiger partial charge in [0.05, 0.1) is 26.8 Å². The third-order valence-corrected chi connectivity index (χ3v) is 6.93. The number of benzene rings is 3. The van der Waals surface area contributed by atoms with Crippen LogP contribution in [0.4, 0.5) is 10.5 Å². The van der Waals surface area contributed by atoms with E-state index < -0.39 is 17.8 Å². The summed E-state index contributed by atoms with van der Waals surface area (Å²) < 4.78 is 12.3. The lowest BCUT2D eigenvalue weighted by molar-refractivity contribution is -0.122. The molecule has 3 aromatic carbocycles. The lowest BCUT2D eigenvalue weighted by atomic mass is 10.1. The van der Waals surface area contributed by atoms with E-state index in [4.69, 9.17) is 44.3 Å². The van der Waals surface area contributed by atoms with Gasteiger partial charge in [0.1, 0.15) is 12.2 Å². The zero-order valence-corrected chi connectivity index (χ0v) is 23.0. The summed E-state index contributed by atoms with van der Waals surface area (Å²) in [6.45, 7) is 2.35. The van der Waals surface area contributed by atoms with Crippen molar-refractivity contribution in [3.63, 3.8) is 0 Å². The monoisotopic (exact) mass is 622 g/mol. The van der Waals surface area contributed by atoms with Gasteiger partial charge in [0, 0.05) is 10.6 Å². The number of imide groups is 2. The zero-order chi connectivity index (χ0) is 26.7. The van der Waals surface area contributed by atoms with E-state index in [1.807, 2.05) is 25.1 Å². The molecule has 0 aliphatic carbocycles. The van der Waals surface area contributed by atoms with Gasteiger partial charge in [0.15, 0.2) is 11.5 Å². The lowest BCUT2D eigenvalue weighted by Crippen LogP contribution is -2.54. The molecule has 0 atom stereocenters. The van der Waals surface area contributed by atoms with E-state index >= 15 is 0 Å². The molecule has 1 N–H and O–H groups in total. The van der Waals surface area contributed by atoms with E-state index in [0.29, 0.717) is 33.2 Å². The van der Waals surface area contributed by atoms with Gasteiger partial charge in [-0.25, -0.2) is 9.69 Å². The van der Waals surface area contributed by atoms with Crippen molar-refractivity contribution >= 4 is 80.3 Å². The lowest BCUT2D eigenvalue weighted by Gasteiger charge is -2.26. The summed E-state index contributed by atoms with van der Waals surface area (Å²) in [7, 11) is 0. The quantitative estimate of drug-likeness (QED) is 0.225. The molecule has 37 heavy (non-hydrogen) atoms. The zero-order valence-electron chi connectivity index (χ0n) is 19.2. The fraction of sp³-hybridized carbons (Fsp3) is 0.115. The summed E-state index contributed by atoms with van der Waals surface area (Å²) in [5.74, 6) is -0.840. The van der Waals surface area contributed by atoms with Crippen molar-refractivity contribution in [3.05, 3.63) is 90.8 Å². The van der Waals surface area contributed by atoms with Crippen molar-refractivity contribution < 1.29 is 23.9 Å². The number of hydrogen-bond donors (Lipinski definition) is 1. The largest absolute Gasteiger partial charge is 0.490 e. The number of rotatable bonds is 7. The van der Waals surface area contributed by atoms with Gasteiger partial charge >= 0.3 is 6.03 Å². The van der Waals surface area contributed by atoms with Crippen molar-refractivity contribution in [2.75, 3.05) is 11.5 Å². The Morgan fingerprint density at radius 2 is 1.70 bits per heavy atom. The van der Waals surface area contributed by atoms with Gasteiger partial charge in [-0.05, 0) is 70.9 Å². The molecule has 0 unspecified atom stereocenters. The van der Waals surface area contributed by atoms with Crippen LogP contribution in [-0.2, 0) is 16.2 Å². The van der Waals surface area contributed by atoms with Crippen molar-refractivity contribution in [3.8, 4) is 11.5 Å². The van der Waals surface area contributed by atoms with Crippen LogP contribution in [0.15, 0.2) is 64.6 Å². The molecule has 0 saturated carbocycles. The number of urea groups is 1. The summed E-state index contributed by atoms with van der Waals surface area (Å²) in [5, 5.41) is 3.15. The first kappa shape index (κ1) is 27.0. The minimum Gasteiger partial charge on any atom is -0.490 e. The normalized spacial score (nSPS) is 14.7. The van der Waals surface area contributed by atoms with Gasteiger partial charge in [-0.15, -0.1) is 0 Å². The summed E-state index contributed by atoms with van der Waals surface area (Å²) >= 11 is 21.7. The topological polar surface area (TPSA) is 84.9 Å². The summed E-state index contributed by atoms with van der Waals surface area (Å²) in [6, 6.07) is 14.0. The Morgan fingerprint density at radius 3 is 2.41 bits per heavy atom. The predicted octanol–water partition coefficient (Wildman–Crippen LogP) is 7.05. The first-order valence-corrected chi connectivity index (χ1v) is 12.8. The Hall–Kier alpha value is -3.04. The molecule has 1 aliphatic heterocycles. The third kappa shape index (κ3) is 5.93. The van der Waals surface area contributed by atoms with Gasteiger partial charge in [-0.3, -0.25) is 14.9 Å². The maximum absolute atomic E-state index is 13.2. The highest BCUT2D eigenvalue weighted by Gasteiger charge is 2.37. The minimum absolute atomic E-state index is 0.153. The molecule has 3 aromatic rings. The van der Waals surface area contributed by atoms with Crippen molar-refractivity contribution in [2.24, 2.45) is 0 Å². The molecule has 1 fully saturated rings. The molecule has 0 spiro atoms. The Bertz CT molecular complexity index is 1440. The van der Waals surface area contributed by atoms with Crippen molar-refractivity contribution in [1.29, 1.82) is 0 Å². The molecule has 11 heteroatoms. The van der Waals surface area contributed by atoms with Gasteiger partial charge in [0.2, 0.25) is 0 Å². The number of anilines is 1. The smallest absolute Gasteiger partial charge is 0.335 e. The van der Waals surface area contributed by atoms with Crippen LogP contribution in [-0.4, -0.2) is 24.5 Å². The Kier molecular flexibility index (Phi) is 8.44. The van der Waals surface area contributed by atoms with E-state index in [1.54, 1.807) is 18.2 Å². The van der Waals surface area contributed by atoms with Crippen LogP contribution < -0.4 is 19.7 Å². The van der Waals surface area contributed by atoms with Crippen LogP contribution >= 0.6 is 50.7 Å². The first-order valence-electron chi connectivity index (χ1n) is 10.9. The SMILES string of the molecule is CCOc1cc(/C=C2\C(=O)NC(=O)N(c3ccc(Cl)c(Cl)c3)C2=O)cc(Br)c1OCc1ccccc1Cl. The third-order valence-electron chi connectivity index (χ3n) is 5.24. The van der Waals surface area contributed by atoms with Gasteiger partial charge in [0.25, 0.3) is 11.8 Å². The first-order chi connectivity index (χ1) is 17.7. The fourth-order valence-corrected chi connectivity index (χ4v) is 4.58. The number of halogens is 4. The molecule has 0 bridgehead atoms. The van der Waals surface area contributed by atoms with Gasteiger partial charge in [-0.2, -0.15) is 0 Å². The molecule has 1 aliphatic rings. The van der Waals surface area contributed by atoms with Crippen LogP contribution in [0.5, 0.6) is 11.5 Å². The molecule has 0 radical (unpaired) electrons. The van der Waals surface area contributed by atoms with Gasteiger partial charge in [-0.1, -0.05) is 53.0 Å². The summed E-state index contributed by atoms with van der Waals surface area (Å²) in [4.78, 5) is 39.1. The fourth-order valence-electron chi connectivity index (χ4n) is 3.52. The van der Waals surface area contributed by atoms with Crippen LogP contribution in [0.1, 0.15) is 18.1 Å². The predicted molar refractivity (Wildman–Crippen MR) is 147 cm³/mol. The standard InChI is InChI=1S/C26H18BrCl3N2O5/c1-2-36-22-11-14(10-18(27)23(22)37-13-15-5-3-4-6-19(15)28)9-17-24(33)31-26(35)32(25(17)34)16-7-8-20(29)21(30)12-16/h3-12H,2,13H2,1H3,(H,31,33,35)/b17-9+. The van der Waals surface area contributed by atoms with Crippen LogP contribution in [0.2, 0.25) is 15.1 Å². The molecule has 7 nitrogen and oxygen atoms in total. The van der Waals surface area contributed by atoms with Crippen LogP contribution in [0.3, 0.4) is 0 Å². The van der Waals surface area contributed by atoms with E-state index in [2.05, 4.69) is 21.2 Å². The number of carbonyl (C=O) groups excluding carboxylic acids is 3. The highest BCUT2D eigenvalue weighted by molar-refractivity contribution is 9.10. The molecule has 190 valence electrons. The molecule has 4 rings (SSSR count). The van der Waals surface area contributed by atoms with Crippen LogP contribution in [0.25, 0.3) is 6.08 Å². The van der Waals surface area contributed by atoms with E-state index in [-0.39, 0.29) is 27.9 Å². The van der Waals surface area contributed by atoms with E-state index in [1.165, 1.54) is 24.3 Å². The average molecular weight is 625 g/mol. The highest BCUT2D eigenvalue weighted by atomic mass is 79.9. The minimum atomic E-state index is -0.898. The molecule has 0 aromatic heterocycles. The maximum Gasteiger partial charge on any atom is 0.335 e. The average Bonchev–Trinajstić information content (AvgIpc) is 2.84. The van der Waals surface area contributed by atoms with Crippen LogP contribution in [0, 0.1) is 0 Å². The Labute approximate surface area is 236 Å². The Morgan fingerprint density at radius 1 is 0.946 bits per heavy atom. The number of carbonyl (C=O) groups is 3. The molecule has 1 heterocycles. The van der Waals surface area contributed by atoms with Crippen molar-refractivity contribution in [2.45, 2.75) is 13.5 Å². The highest BCUT2D eigenvalue weighted by Crippen LogP contribution is 2.39. The van der Waals surface area contributed by atoms with E-state index in [9.17, 15) is 14.4 Å². The number of barbiturate groups is 1. The second-order valence-electron chi connectivity index (χ2n) is 7.70. The number of ether oxygens (including phenoxy) is 2. The second kappa shape index (κ2) is 11.6. The van der Waals surface area contributed by atoms with Gasteiger partial charge < -0.3 is 9.47 Å². The van der Waals surface area contributed by atoms with E-state index in [0.717, 1.165) is 10.5 Å². The molecular formula is C26H18BrCl3N2O5. The summed E-state index contributed by atoms with van der Waals surface area (Å²) in [5.41, 5.74) is 1.16. The number of hydrogen-bond acceptors (Lipinski definition) is 5. The second-order valence-corrected chi connectivity index (χ2v) is 9.78. The number of nitrogens with zero attached hydrogens (tertiary/aromatic N) is 1. The van der Waals surface area contributed by atoms with Crippen molar-refractivity contribution in [1.82, 2.24) is 5.32 Å². The maximum atomic E-state index is 13.2. The molecular weight excluding hydrogens is 607 g/mol. The number of nitrogens with one attached hydrogen (secondary N) is 1. The molecule has 4 amide bonds.